The quantitative estimate of drug-likeness (QED) is 0.529. The Bertz CT molecular complexity index is 1260. The average Bonchev–Trinajstić information content (AvgIpc) is 2.75. The lowest BCUT2D eigenvalue weighted by molar-refractivity contribution is 0.103. The SMILES string of the molecule is CCc1ccc(C(=O)c2cn(Cc3cccc(O)c3)c3ccccc3c2=O)cn1. The van der Waals surface area contributed by atoms with E-state index in [1.807, 2.05) is 29.7 Å². The lowest BCUT2D eigenvalue weighted by Gasteiger charge is -2.13. The van der Waals surface area contributed by atoms with Crippen LogP contribution in [0.4, 0.5) is 0 Å². The number of nitrogens with zero attached hydrogens (tertiary/aromatic N) is 2. The monoisotopic (exact) mass is 384 g/mol. The number of benzene rings is 2. The van der Waals surface area contributed by atoms with Crippen molar-refractivity contribution in [3.05, 3.63) is 106 Å². The van der Waals surface area contributed by atoms with Gasteiger partial charge in [0.2, 0.25) is 5.43 Å². The number of pyridine rings is 2. The Kier molecular flexibility index (Phi) is 4.96. The second kappa shape index (κ2) is 7.72. The topological polar surface area (TPSA) is 72.2 Å². The van der Waals surface area contributed by atoms with E-state index in [-0.39, 0.29) is 22.5 Å². The Labute approximate surface area is 167 Å². The van der Waals surface area contributed by atoms with Gasteiger partial charge in [-0.25, -0.2) is 0 Å². The number of fused-ring (bicyclic) bond motifs is 1. The van der Waals surface area contributed by atoms with Gasteiger partial charge < -0.3 is 9.67 Å². The summed E-state index contributed by atoms with van der Waals surface area (Å²) in [4.78, 5) is 30.4. The van der Waals surface area contributed by atoms with E-state index in [0.29, 0.717) is 17.5 Å². The molecule has 2 heterocycles. The number of aromatic nitrogens is 2. The van der Waals surface area contributed by atoms with Crippen molar-refractivity contribution in [1.82, 2.24) is 9.55 Å². The minimum atomic E-state index is -0.347. The van der Waals surface area contributed by atoms with Crippen LogP contribution in [0.15, 0.2) is 77.9 Å². The van der Waals surface area contributed by atoms with Gasteiger partial charge in [0.05, 0.1) is 11.1 Å². The lowest BCUT2D eigenvalue weighted by atomic mass is 10.0. The van der Waals surface area contributed by atoms with Crippen LogP contribution in [0.3, 0.4) is 0 Å². The Morgan fingerprint density at radius 3 is 2.62 bits per heavy atom. The van der Waals surface area contributed by atoms with Crippen molar-refractivity contribution in [1.29, 1.82) is 0 Å². The first kappa shape index (κ1) is 18.6. The molecule has 4 aromatic rings. The van der Waals surface area contributed by atoms with E-state index in [2.05, 4.69) is 4.98 Å². The van der Waals surface area contributed by atoms with Crippen LogP contribution < -0.4 is 5.43 Å². The van der Waals surface area contributed by atoms with Crippen LogP contribution in [0.25, 0.3) is 10.9 Å². The van der Waals surface area contributed by atoms with E-state index in [1.54, 1.807) is 48.7 Å². The molecule has 0 spiro atoms. The summed E-state index contributed by atoms with van der Waals surface area (Å²) in [5, 5.41) is 10.2. The highest BCUT2D eigenvalue weighted by molar-refractivity contribution is 6.09. The summed E-state index contributed by atoms with van der Waals surface area (Å²) in [5.74, 6) is -0.174. The van der Waals surface area contributed by atoms with Crippen LogP contribution in [0.5, 0.6) is 5.75 Å². The molecule has 5 heteroatoms. The van der Waals surface area contributed by atoms with Gasteiger partial charge in [-0.2, -0.15) is 0 Å². The Morgan fingerprint density at radius 1 is 1.07 bits per heavy atom. The lowest BCUT2D eigenvalue weighted by Crippen LogP contribution is -2.20. The Morgan fingerprint density at radius 2 is 1.90 bits per heavy atom. The molecule has 0 aliphatic rings. The number of carbonyl (C=O) groups is 1. The van der Waals surface area contributed by atoms with Gasteiger partial charge >= 0.3 is 0 Å². The molecule has 0 fully saturated rings. The molecule has 144 valence electrons. The summed E-state index contributed by atoms with van der Waals surface area (Å²) in [5.41, 5.74) is 2.69. The van der Waals surface area contributed by atoms with E-state index in [0.717, 1.165) is 23.2 Å². The Balaban J connectivity index is 1.84. The maximum absolute atomic E-state index is 13.1. The van der Waals surface area contributed by atoms with Gasteiger partial charge in [-0.05, 0) is 48.4 Å². The molecule has 4 rings (SSSR count). The van der Waals surface area contributed by atoms with Crippen molar-refractivity contribution >= 4 is 16.7 Å². The summed E-state index contributed by atoms with van der Waals surface area (Å²) >= 11 is 0. The van der Waals surface area contributed by atoms with Gasteiger partial charge in [0.1, 0.15) is 5.75 Å². The number of rotatable bonds is 5. The fraction of sp³-hybridized carbons (Fsp3) is 0.125. The van der Waals surface area contributed by atoms with Gasteiger partial charge in [-0.15, -0.1) is 0 Å². The van der Waals surface area contributed by atoms with E-state index >= 15 is 0 Å². The standard InChI is InChI=1S/C24H20N2O3/c1-2-18-11-10-17(13-25-18)23(28)21-15-26(14-16-6-5-7-19(27)12-16)22-9-4-3-8-20(22)24(21)29/h3-13,15,27H,2,14H2,1H3. The third-order valence-corrected chi connectivity index (χ3v) is 4.94. The maximum Gasteiger partial charge on any atom is 0.200 e. The highest BCUT2D eigenvalue weighted by Gasteiger charge is 2.17. The smallest absolute Gasteiger partial charge is 0.200 e. The second-order valence-corrected chi connectivity index (χ2v) is 6.91. The van der Waals surface area contributed by atoms with E-state index < -0.39 is 0 Å². The third-order valence-electron chi connectivity index (χ3n) is 4.94. The number of ketones is 1. The molecule has 0 amide bonds. The fourth-order valence-corrected chi connectivity index (χ4v) is 3.41. The molecule has 0 saturated heterocycles. The van der Waals surface area contributed by atoms with Gasteiger partial charge in [-0.3, -0.25) is 14.6 Å². The van der Waals surface area contributed by atoms with Crippen LogP contribution >= 0.6 is 0 Å². The van der Waals surface area contributed by atoms with Crippen molar-refractivity contribution in [3.63, 3.8) is 0 Å². The average molecular weight is 384 g/mol. The zero-order valence-electron chi connectivity index (χ0n) is 16.0. The summed E-state index contributed by atoms with van der Waals surface area (Å²) in [6.45, 7) is 2.41. The number of aryl methyl sites for hydroxylation is 1. The first-order valence-corrected chi connectivity index (χ1v) is 9.46. The van der Waals surface area contributed by atoms with E-state index in [4.69, 9.17) is 0 Å². The van der Waals surface area contributed by atoms with Crippen LogP contribution in [0, 0.1) is 0 Å². The molecular weight excluding hydrogens is 364 g/mol. The number of phenols is 1. The summed E-state index contributed by atoms with van der Waals surface area (Å²) in [6.07, 6.45) is 3.90. The van der Waals surface area contributed by atoms with Crippen molar-refractivity contribution in [2.75, 3.05) is 0 Å². The first-order chi connectivity index (χ1) is 14.1. The summed E-state index contributed by atoms with van der Waals surface area (Å²) < 4.78 is 1.87. The zero-order valence-corrected chi connectivity index (χ0v) is 16.0. The number of hydrogen-bond donors (Lipinski definition) is 1. The Hall–Kier alpha value is -3.73. The number of para-hydroxylation sites is 1. The molecule has 2 aromatic heterocycles. The minimum Gasteiger partial charge on any atom is -0.508 e. The molecule has 0 atom stereocenters. The normalized spacial score (nSPS) is 10.9. The van der Waals surface area contributed by atoms with Gasteiger partial charge in [0.15, 0.2) is 5.78 Å². The van der Waals surface area contributed by atoms with Crippen molar-refractivity contribution in [2.45, 2.75) is 19.9 Å². The van der Waals surface area contributed by atoms with Gasteiger partial charge in [-0.1, -0.05) is 31.2 Å². The van der Waals surface area contributed by atoms with E-state index in [9.17, 15) is 14.7 Å². The third kappa shape index (κ3) is 3.67. The van der Waals surface area contributed by atoms with Gasteiger partial charge in [0.25, 0.3) is 0 Å². The van der Waals surface area contributed by atoms with Crippen molar-refractivity contribution in [2.24, 2.45) is 0 Å². The molecule has 29 heavy (non-hydrogen) atoms. The maximum atomic E-state index is 13.1. The van der Waals surface area contributed by atoms with Gasteiger partial charge in [0, 0.05) is 35.6 Å². The number of hydrogen-bond acceptors (Lipinski definition) is 4. The van der Waals surface area contributed by atoms with Crippen LogP contribution in [-0.4, -0.2) is 20.4 Å². The molecule has 0 aliphatic heterocycles. The first-order valence-electron chi connectivity index (χ1n) is 9.46. The highest BCUT2D eigenvalue weighted by Crippen LogP contribution is 2.18. The van der Waals surface area contributed by atoms with E-state index in [1.165, 1.54) is 6.20 Å². The second-order valence-electron chi connectivity index (χ2n) is 6.91. The number of phenolic OH excluding ortho intramolecular Hbond substituents is 1. The molecule has 0 radical (unpaired) electrons. The largest absolute Gasteiger partial charge is 0.508 e. The highest BCUT2D eigenvalue weighted by atomic mass is 16.3. The number of carbonyl (C=O) groups excluding carboxylic acids is 1. The molecule has 0 bridgehead atoms. The predicted octanol–water partition coefficient (Wildman–Crippen LogP) is 3.94. The van der Waals surface area contributed by atoms with Crippen LogP contribution in [0.2, 0.25) is 0 Å². The molecule has 0 unspecified atom stereocenters. The van der Waals surface area contributed by atoms with Crippen LogP contribution in [0.1, 0.15) is 34.1 Å². The number of aromatic hydroxyl groups is 1. The molecule has 0 aliphatic carbocycles. The summed E-state index contributed by atoms with van der Waals surface area (Å²) in [7, 11) is 0. The molecule has 0 saturated carbocycles. The zero-order chi connectivity index (χ0) is 20.4. The fourth-order valence-electron chi connectivity index (χ4n) is 3.41. The molecule has 1 N–H and O–H groups in total. The predicted molar refractivity (Wildman–Crippen MR) is 112 cm³/mol. The van der Waals surface area contributed by atoms with Crippen molar-refractivity contribution in [3.8, 4) is 5.75 Å². The minimum absolute atomic E-state index is 0.106. The van der Waals surface area contributed by atoms with Crippen LogP contribution in [-0.2, 0) is 13.0 Å². The molecule has 2 aromatic carbocycles. The van der Waals surface area contributed by atoms with Crippen molar-refractivity contribution < 1.29 is 9.90 Å². The molecular formula is C24H20N2O3. The molecule has 5 nitrogen and oxygen atoms in total. The summed E-state index contributed by atoms with van der Waals surface area (Å²) in [6, 6.07) is 17.7.